The first-order chi connectivity index (χ1) is 13.8. The lowest BCUT2D eigenvalue weighted by Gasteiger charge is -2.35. The van der Waals surface area contributed by atoms with Crippen LogP contribution in [0.25, 0.3) is 0 Å². The van der Waals surface area contributed by atoms with Gasteiger partial charge in [0.05, 0.1) is 13.0 Å². The van der Waals surface area contributed by atoms with E-state index in [1.807, 2.05) is 23.4 Å². The van der Waals surface area contributed by atoms with Gasteiger partial charge in [0, 0.05) is 12.6 Å². The van der Waals surface area contributed by atoms with E-state index in [4.69, 9.17) is 0 Å². The number of nitrogens with zero attached hydrogens (tertiary/aromatic N) is 1. The molecule has 2 aliphatic rings. The van der Waals surface area contributed by atoms with Crippen molar-refractivity contribution >= 4 is 23.3 Å². The Bertz CT molecular complexity index is 941. The maximum absolute atomic E-state index is 13.7. The first kappa shape index (κ1) is 20.8. The van der Waals surface area contributed by atoms with Gasteiger partial charge >= 0.3 is 0 Å². The molecule has 2 aromatic carbocycles. The average molecular weight is 428 g/mol. The molecule has 2 aromatic rings. The van der Waals surface area contributed by atoms with Crippen LogP contribution in [0, 0.1) is 18.8 Å². The molecule has 156 valence electrons. The van der Waals surface area contributed by atoms with Crippen molar-refractivity contribution in [3.63, 3.8) is 0 Å². The molecule has 4 rings (SSSR count). The van der Waals surface area contributed by atoms with Crippen molar-refractivity contribution in [3.8, 4) is 0 Å². The third-order valence-corrected chi connectivity index (χ3v) is 12.4. The highest BCUT2D eigenvalue weighted by Gasteiger charge is 2.49. The lowest BCUT2D eigenvalue weighted by molar-refractivity contribution is 0.264. The predicted molar refractivity (Wildman–Crippen MR) is 123 cm³/mol. The number of aryl methyl sites for hydroxylation is 1. The number of fused-ring (bicyclic) bond motifs is 1. The highest BCUT2D eigenvalue weighted by atomic mass is 32.2. The number of benzene rings is 2. The molecular weight excluding hydrogens is 394 g/mol. The Kier molecular flexibility index (Phi) is 5.75. The van der Waals surface area contributed by atoms with Crippen LogP contribution in [0.2, 0.25) is 19.1 Å². The Morgan fingerprint density at radius 3 is 2.31 bits per heavy atom. The van der Waals surface area contributed by atoms with E-state index in [1.165, 1.54) is 30.9 Å². The van der Waals surface area contributed by atoms with Crippen molar-refractivity contribution in [2.45, 2.75) is 62.7 Å². The molecule has 5 heteroatoms. The molecule has 1 saturated heterocycles. The van der Waals surface area contributed by atoms with E-state index < -0.39 is 18.1 Å². The van der Waals surface area contributed by atoms with Gasteiger partial charge in [-0.3, -0.25) is 0 Å². The molecule has 3 nitrogen and oxygen atoms in total. The van der Waals surface area contributed by atoms with Gasteiger partial charge in [-0.1, -0.05) is 79.2 Å². The second-order valence-corrected chi connectivity index (χ2v) is 16.3. The van der Waals surface area contributed by atoms with E-state index in [1.54, 1.807) is 12.1 Å². The molecule has 29 heavy (non-hydrogen) atoms. The van der Waals surface area contributed by atoms with Crippen molar-refractivity contribution in [1.82, 2.24) is 4.31 Å². The number of hydrogen-bond acceptors (Lipinski definition) is 2. The molecule has 0 spiro atoms. The molecule has 1 aliphatic carbocycles. The topological polar surface area (TPSA) is 37.4 Å². The van der Waals surface area contributed by atoms with Gasteiger partial charge in [0.25, 0.3) is 0 Å². The summed E-state index contributed by atoms with van der Waals surface area (Å²) in [5, 5.41) is 1.42. The summed E-state index contributed by atoms with van der Waals surface area (Å²) in [7, 11) is -5.22. The number of rotatable bonds is 5. The standard InChI is InChI=1S/C24H33NO2SSi/c1-19-13-15-21(16-14-19)28(26,27)25-17-20-9-7-8-12-23(20)24(25)18-29(2,3)22-10-5-4-6-11-22/h4-6,10-11,13-16,20,23-24H,7-9,12,17-18H2,1-3H3/t20-,23-,24-/m1/s1. The minimum absolute atomic E-state index is 0.133. The molecule has 0 radical (unpaired) electrons. The highest BCUT2D eigenvalue weighted by Crippen LogP contribution is 2.45. The van der Waals surface area contributed by atoms with Crippen molar-refractivity contribution in [3.05, 3.63) is 60.2 Å². The van der Waals surface area contributed by atoms with E-state index >= 15 is 0 Å². The molecule has 1 saturated carbocycles. The summed E-state index contributed by atoms with van der Waals surface area (Å²) in [5.41, 5.74) is 1.09. The molecule has 3 atom stereocenters. The maximum Gasteiger partial charge on any atom is 0.243 e. The Morgan fingerprint density at radius 1 is 0.966 bits per heavy atom. The summed E-state index contributed by atoms with van der Waals surface area (Å²) in [5.74, 6) is 1.04. The second kappa shape index (κ2) is 8.01. The van der Waals surface area contributed by atoms with Crippen LogP contribution < -0.4 is 5.19 Å². The third kappa shape index (κ3) is 4.10. The van der Waals surface area contributed by atoms with Gasteiger partial charge in [-0.25, -0.2) is 8.42 Å². The summed E-state index contributed by atoms with van der Waals surface area (Å²) < 4.78 is 29.2. The van der Waals surface area contributed by atoms with E-state index in [0.29, 0.717) is 23.3 Å². The van der Waals surface area contributed by atoms with E-state index in [9.17, 15) is 8.42 Å². The van der Waals surface area contributed by atoms with Gasteiger partial charge in [0.1, 0.15) is 0 Å². The smallest absolute Gasteiger partial charge is 0.207 e. The lowest BCUT2D eigenvalue weighted by Crippen LogP contribution is -2.49. The van der Waals surface area contributed by atoms with E-state index in [-0.39, 0.29) is 6.04 Å². The van der Waals surface area contributed by atoms with Gasteiger partial charge in [0.2, 0.25) is 10.0 Å². The first-order valence-electron chi connectivity index (χ1n) is 10.9. The van der Waals surface area contributed by atoms with Crippen LogP contribution in [0.15, 0.2) is 59.5 Å². The molecule has 1 heterocycles. The van der Waals surface area contributed by atoms with Gasteiger partial charge < -0.3 is 0 Å². The zero-order valence-electron chi connectivity index (χ0n) is 17.8. The van der Waals surface area contributed by atoms with Crippen LogP contribution in [0.1, 0.15) is 31.2 Å². The van der Waals surface area contributed by atoms with Gasteiger partial charge in [-0.15, -0.1) is 0 Å². The SMILES string of the molecule is Cc1ccc(S(=O)(=O)N2C[C@H]3CCCC[C@H]3[C@H]2C[Si](C)(C)c2ccccc2)cc1. The third-order valence-electron chi connectivity index (χ3n) is 7.15. The second-order valence-electron chi connectivity index (χ2n) is 9.62. The number of sulfonamides is 1. The predicted octanol–water partition coefficient (Wildman–Crippen LogP) is 4.79. The largest absolute Gasteiger partial charge is 0.243 e. The van der Waals surface area contributed by atoms with Gasteiger partial charge in [0.15, 0.2) is 0 Å². The summed E-state index contributed by atoms with van der Waals surface area (Å²) in [6.45, 7) is 7.49. The molecule has 0 aromatic heterocycles. The monoisotopic (exact) mass is 427 g/mol. The summed E-state index contributed by atoms with van der Waals surface area (Å²) in [6.07, 6.45) is 4.83. The molecule has 0 amide bonds. The zero-order chi connectivity index (χ0) is 20.6. The van der Waals surface area contributed by atoms with E-state index in [0.717, 1.165) is 11.6 Å². The van der Waals surface area contributed by atoms with Crippen LogP contribution in [0.3, 0.4) is 0 Å². The Morgan fingerprint density at radius 2 is 1.62 bits per heavy atom. The van der Waals surface area contributed by atoms with Crippen molar-refractivity contribution in [2.24, 2.45) is 11.8 Å². The molecule has 0 bridgehead atoms. The Hall–Kier alpha value is -1.43. The van der Waals surface area contributed by atoms with Crippen LogP contribution in [0.5, 0.6) is 0 Å². The Balaban J connectivity index is 1.69. The van der Waals surface area contributed by atoms with Crippen LogP contribution in [-0.2, 0) is 10.0 Å². The quantitative estimate of drug-likeness (QED) is 0.643. The molecule has 2 fully saturated rings. The minimum Gasteiger partial charge on any atom is -0.207 e. The van der Waals surface area contributed by atoms with Crippen molar-refractivity contribution < 1.29 is 8.42 Å². The Labute approximate surface area is 177 Å². The number of hydrogen-bond donors (Lipinski definition) is 0. The summed E-state index contributed by atoms with van der Waals surface area (Å²) in [4.78, 5) is 0.450. The van der Waals surface area contributed by atoms with Crippen molar-refractivity contribution in [1.29, 1.82) is 0 Å². The van der Waals surface area contributed by atoms with Crippen LogP contribution in [0.4, 0.5) is 0 Å². The van der Waals surface area contributed by atoms with Crippen LogP contribution in [-0.4, -0.2) is 33.4 Å². The van der Waals surface area contributed by atoms with Gasteiger partial charge in [-0.05, 0) is 49.8 Å². The van der Waals surface area contributed by atoms with Crippen molar-refractivity contribution in [2.75, 3.05) is 6.54 Å². The van der Waals surface area contributed by atoms with Crippen LogP contribution >= 0.6 is 0 Å². The molecule has 0 unspecified atom stereocenters. The normalized spacial score (nSPS) is 25.7. The van der Waals surface area contributed by atoms with E-state index in [2.05, 4.69) is 43.4 Å². The molecular formula is C24H33NO2SSi. The maximum atomic E-state index is 13.7. The highest BCUT2D eigenvalue weighted by molar-refractivity contribution is 7.89. The summed E-state index contributed by atoms with van der Waals surface area (Å²) >= 11 is 0. The zero-order valence-corrected chi connectivity index (χ0v) is 19.7. The molecule has 1 aliphatic heterocycles. The fraction of sp³-hybridized carbons (Fsp3) is 0.500. The lowest BCUT2D eigenvalue weighted by atomic mass is 9.79. The minimum atomic E-state index is -3.46. The summed E-state index contributed by atoms with van der Waals surface area (Å²) in [6, 6.07) is 19.3. The van der Waals surface area contributed by atoms with Gasteiger partial charge in [-0.2, -0.15) is 4.31 Å². The first-order valence-corrected chi connectivity index (χ1v) is 15.6. The molecule has 0 N–H and O–H groups in total. The fourth-order valence-corrected chi connectivity index (χ4v) is 10.2. The fourth-order valence-electron chi connectivity index (χ4n) is 5.45. The average Bonchev–Trinajstić information content (AvgIpc) is 3.08.